The van der Waals surface area contributed by atoms with Crippen LogP contribution in [0.25, 0.3) is 0 Å². The molecule has 2 rings (SSSR count). The molecule has 1 aliphatic rings. The van der Waals surface area contributed by atoms with Crippen molar-refractivity contribution in [3.63, 3.8) is 0 Å². The molecular weight excluding hydrogens is 230 g/mol. The molecule has 0 amide bonds. The number of nitrogens with zero attached hydrogens (tertiary/aromatic N) is 4. The van der Waals surface area contributed by atoms with Crippen molar-refractivity contribution in [2.75, 3.05) is 31.6 Å². The normalized spacial score (nSPS) is 22.2. The number of hydrogen-bond donors (Lipinski definition) is 2. The molecule has 6 nitrogen and oxygen atoms in total. The lowest BCUT2D eigenvalue weighted by molar-refractivity contribution is 0.275. The van der Waals surface area contributed by atoms with E-state index >= 15 is 0 Å². The highest BCUT2D eigenvalue weighted by Gasteiger charge is 2.24. The highest BCUT2D eigenvalue weighted by Crippen LogP contribution is 2.22. The van der Waals surface area contributed by atoms with E-state index in [1.165, 1.54) is 0 Å². The molecule has 6 heteroatoms. The summed E-state index contributed by atoms with van der Waals surface area (Å²) in [5, 5.41) is 11.9. The molecule has 0 saturated carbocycles. The molecule has 1 aromatic rings. The second kappa shape index (κ2) is 5.22. The zero-order valence-electron chi connectivity index (χ0n) is 10.7. The summed E-state index contributed by atoms with van der Waals surface area (Å²) in [4.78, 5) is 8.75. The fourth-order valence-electron chi connectivity index (χ4n) is 2.37. The fraction of sp³-hybridized carbons (Fsp3) is 0.500. The van der Waals surface area contributed by atoms with Crippen molar-refractivity contribution in [1.29, 1.82) is 0 Å². The van der Waals surface area contributed by atoms with Crippen LogP contribution >= 0.6 is 0 Å². The Labute approximate surface area is 107 Å². The first-order valence-electron chi connectivity index (χ1n) is 6.01. The number of likely N-dealkylation sites (N-methyl/N-ethyl adjacent to an activating group) is 1. The second-order valence-corrected chi connectivity index (χ2v) is 4.66. The van der Waals surface area contributed by atoms with Gasteiger partial charge >= 0.3 is 0 Å². The van der Waals surface area contributed by atoms with E-state index in [0.717, 1.165) is 25.3 Å². The highest BCUT2D eigenvalue weighted by atomic mass is 16.4. The Balaban J connectivity index is 2.33. The summed E-state index contributed by atoms with van der Waals surface area (Å²) in [5.41, 5.74) is 7.14. The minimum atomic E-state index is 0.0525. The van der Waals surface area contributed by atoms with Gasteiger partial charge in [-0.1, -0.05) is 5.16 Å². The Bertz CT molecular complexity index is 448. The number of amidine groups is 1. The van der Waals surface area contributed by atoms with Crippen LogP contribution in [-0.4, -0.2) is 53.7 Å². The summed E-state index contributed by atoms with van der Waals surface area (Å²) in [6.45, 7) is 5.06. The minimum absolute atomic E-state index is 0.0525. The summed E-state index contributed by atoms with van der Waals surface area (Å²) in [6.07, 6.45) is 1.65. The van der Waals surface area contributed by atoms with Crippen LogP contribution < -0.4 is 10.6 Å². The molecule has 0 spiro atoms. The number of nitrogens with two attached hydrogens (primary N) is 1. The van der Waals surface area contributed by atoms with E-state index < -0.39 is 0 Å². The number of hydrogen-bond acceptors (Lipinski definition) is 5. The summed E-state index contributed by atoms with van der Waals surface area (Å²) in [5.74, 6) is 0.0525. The molecule has 1 atom stereocenters. The van der Waals surface area contributed by atoms with E-state index in [4.69, 9.17) is 10.9 Å². The molecule has 3 N–H and O–H groups in total. The Hall–Kier alpha value is -1.82. The number of oxime groups is 1. The number of rotatable bonds is 2. The van der Waals surface area contributed by atoms with Crippen molar-refractivity contribution in [2.45, 2.75) is 13.0 Å². The zero-order chi connectivity index (χ0) is 13.1. The first-order chi connectivity index (χ1) is 8.63. The van der Waals surface area contributed by atoms with Crippen molar-refractivity contribution in [3.8, 4) is 0 Å². The van der Waals surface area contributed by atoms with Gasteiger partial charge in [-0.05, 0) is 26.1 Å². The third kappa shape index (κ3) is 2.38. The molecule has 98 valence electrons. The molecule has 1 saturated heterocycles. The fourth-order valence-corrected chi connectivity index (χ4v) is 2.37. The molecule has 1 fully saturated rings. The SMILES string of the molecule is CC1CN(C)CCN1c1cccnc1/C(N)=N/O. The smallest absolute Gasteiger partial charge is 0.190 e. The standard InChI is InChI=1S/C12H19N5O/c1-9-8-16(2)6-7-17(9)10-4-3-5-14-11(10)12(13)15-18/h3-5,9,18H,6-8H2,1-2H3,(H2,13,15). The van der Waals surface area contributed by atoms with Gasteiger partial charge < -0.3 is 20.7 Å². The van der Waals surface area contributed by atoms with Gasteiger partial charge in [0.15, 0.2) is 5.84 Å². The number of piperazine rings is 1. The van der Waals surface area contributed by atoms with E-state index in [-0.39, 0.29) is 5.84 Å². The van der Waals surface area contributed by atoms with Crippen LogP contribution in [0.15, 0.2) is 23.5 Å². The number of aromatic nitrogens is 1. The van der Waals surface area contributed by atoms with Crippen LogP contribution in [0, 0.1) is 0 Å². The zero-order valence-corrected chi connectivity index (χ0v) is 10.7. The summed E-state index contributed by atoms with van der Waals surface area (Å²) in [6, 6.07) is 4.20. The molecule has 18 heavy (non-hydrogen) atoms. The number of pyridine rings is 1. The largest absolute Gasteiger partial charge is 0.409 e. The minimum Gasteiger partial charge on any atom is -0.409 e. The number of anilines is 1. The third-order valence-corrected chi connectivity index (χ3v) is 3.28. The van der Waals surface area contributed by atoms with Gasteiger partial charge in [0.05, 0.1) is 5.69 Å². The Morgan fingerprint density at radius 1 is 1.56 bits per heavy atom. The summed E-state index contributed by atoms with van der Waals surface area (Å²) < 4.78 is 0. The average molecular weight is 249 g/mol. The van der Waals surface area contributed by atoms with Crippen molar-refractivity contribution in [2.24, 2.45) is 10.9 Å². The topological polar surface area (TPSA) is 78.0 Å². The van der Waals surface area contributed by atoms with Gasteiger partial charge in [-0.2, -0.15) is 0 Å². The molecule has 1 aliphatic heterocycles. The van der Waals surface area contributed by atoms with E-state index in [9.17, 15) is 0 Å². The highest BCUT2D eigenvalue weighted by molar-refractivity contribution is 6.00. The molecule has 1 aromatic heterocycles. The van der Waals surface area contributed by atoms with Crippen molar-refractivity contribution in [3.05, 3.63) is 24.0 Å². The van der Waals surface area contributed by atoms with Crippen molar-refractivity contribution >= 4 is 11.5 Å². The maximum Gasteiger partial charge on any atom is 0.190 e. The van der Waals surface area contributed by atoms with Gasteiger partial charge in [0.25, 0.3) is 0 Å². The molecule has 0 aromatic carbocycles. The molecular formula is C12H19N5O. The van der Waals surface area contributed by atoms with Gasteiger partial charge in [0, 0.05) is 31.9 Å². The van der Waals surface area contributed by atoms with Gasteiger partial charge in [0.1, 0.15) is 5.69 Å². The maximum absolute atomic E-state index is 8.82. The average Bonchev–Trinajstić information content (AvgIpc) is 2.38. The lowest BCUT2D eigenvalue weighted by Crippen LogP contribution is -2.51. The first-order valence-corrected chi connectivity index (χ1v) is 6.01. The van der Waals surface area contributed by atoms with Crippen LogP contribution in [-0.2, 0) is 0 Å². The molecule has 0 bridgehead atoms. The lowest BCUT2D eigenvalue weighted by Gasteiger charge is -2.40. The molecule has 2 heterocycles. The predicted molar refractivity (Wildman–Crippen MR) is 71.1 cm³/mol. The van der Waals surface area contributed by atoms with Gasteiger partial charge in [0.2, 0.25) is 0 Å². The predicted octanol–water partition coefficient (Wildman–Crippen LogP) is 0.316. The first kappa shape index (κ1) is 12.6. The monoisotopic (exact) mass is 249 g/mol. The van der Waals surface area contributed by atoms with E-state index in [1.54, 1.807) is 6.20 Å². The van der Waals surface area contributed by atoms with Crippen LogP contribution in [0.1, 0.15) is 12.6 Å². The van der Waals surface area contributed by atoms with Crippen molar-refractivity contribution in [1.82, 2.24) is 9.88 Å². The van der Waals surface area contributed by atoms with E-state index in [1.807, 2.05) is 12.1 Å². The van der Waals surface area contributed by atoms with Crippen LogP contribution in [0.3, 0.4) is 0 Å². The lowest BCUT2D eigenvalue weighted by atomic mass is 10.1. The second-order valence-electron chi connectivity index (χ2n) is 4.66. The Morgan fingerprint density at radius 2 is 2.33 bits per heavy atom. The quantitative estimate of drug-likeness (QED) is 0.341. The molecule has 0 radical (unpaired) electrons. The van der Waals surface area contributed by atoms with Crippen molar-refractivity contribution < 1.29 is 5.21 Å². The van der Waals surface area contributed by atoms with Crippen LogP contribution in [0.2, 0.25) is 0 Å². The van der Waals surface area contributed by atoms with E-state index in [0.29, 0.717) is 11.7 Å². The van der Waals surface area contributed by atoms with Gasteiger partial charge in [-0.15, -0.1) is 0 Å². The van der Waals surface area contributed by atoms with Crippen LogP contribution in [0.5, 0.6) is 0 Å². The van der Waals surface area contributed by atoms with Crippen LogP contribution in [0.4, 0.5) is 5.69 Å². The Morgan fingerprint density at radius 3 is 3.00 bits per heavy atom. The summed E-state index contributed by atoms with van der Waals surface area (Å²) in [7, 11) is 2.11. The summed E-state index contributed by atoms with van der Waals surface area (Å²) >= 11 is 0. The van der Waals surface area contributed by atoms with Gasteiger partial charge in [-0.25, -0.2) is 0 Å². The Kier molecular flexibility index (Phi) is 3.66. The molecule has 1 unspecified atom stereocenters. The van der Waals surface area contributed by atoms with E-state index in [2.05, 4.69) is 33.9 Å². The maximum atomic E-state index is 8.82. The third-order valence-electron chi connectivity index (χ3n) is 3.28. The van der Waals surface area contributed by atoms with Gasteiger partial charge in [-0.3, -0.25) is 4.98 Å². The molecule has 0 aliphatic carbocycles.